The number of carbonyl (C=O) groups excluding carboxylic acids is 1. The van der Waals surface area contributed by atoms with Crippen LogP contribution < -0.4 is 0 Å². The molecule has 1 unspecified atom stereocenters. The normalized spacial score (nSPS) is 11.9. The summed E-state index contributed by atoms with van der Waals surface area (Å²) in [7, 11) is 1.42. The Kier molecular flexibility index (Phi) is 8.00. The van der Waals surface area contributed by atoms with Crippen LogP contribution in [0.3, 0.4) is 0 Å². The molecule has 0 aromatic heterocycles. The maximum Gasteiger partial charge on any atom is 0.328 e. The summed E-state index contributed by atoms with van der Waals surface area (Å²) in [6.07, 6.45) is 2.33. The summed E-state index contributed by atoms with van der Waals surface area (Å²) in [5.41, 5.74) is 0. The van der Waals surface area contributed by atoms with Crippen LogP contribution in [-0.4, -0.2) is 59.9 Å². The van der Waals surface area contributed by atoms with Gasteiger partial charge in [0.1, 0.15) is 0 Å². The third-order valence-electron chi connectivity index (χ3n) is 2.22. The lowest BCUT2D eigenvalue weighted by molar-refractivity contribution is -0.151. The second kappa shape index (κ2) is 8.72. The Labute approximate surface area is 100 Å². The quantitative estimate of drug-likeness (QED) is 0.436. The number of aliphatic hydroxyl groups is 1. The summed E-state index contributed by atoms with van der Waals surface area (Å²) in [6, 6.07) is -1.03. The van der Waals surface area contributed by atoms with Crippen molar-refractivity contribution in [3.05, 3.63) is 12.7 Å². The van der Waals surface area contributed by atoms with Crippen molar-refractivity contribution in [1.29, 1.82) is 0 Å². The Hall–Kier alpha value is -1.40. The maximum absolute atomic E-state index is 11.6. The van der Waals surface area contributed by atoms with Gasteiger partial charge in [0, 0.05) is 13.5 Å². The van der Waals surface area contributed by atoms with Crippen molar-refractivity contribution in [3.63, 3.8) is 0 Å². The van der Waals surface area contributed by atoms with Crippen LogP contribution in [0.1, 0.15) is 12.8 Å². The minimum Gasteiger partial charge on any atom is -0.480 e. The van der Waals surface area contributed by atoms with E-state index in [9.17, 15) is 9.59 Å². The standard InChI is InChI=1S/C11H19NO5/c1-3-4-5-10(14)12(2)9(11(15)16)8-17-7-6-13/h3,9,13H,1,4-8H2,2H3,(H,15,16). The van der Waals surface area contributed by atoms with Crippen LogP contribution in [0.2, 0.25) is 0 Å². The first-order valence-corrected chi connectivity index (χ1v) is 5.32. The smallest absolute Gasteiger partial charge is 0.328 e. The van der Waals surface area contributed by atoms with Gasteiger partial charge in [0.25, 0.3) is 0 Å². The monoisotopic (exact) mass is 245 g/mol. The molecule has 1 amide bonds. The molecule has 0 spiro atoms. The average molecular weight is 245 g/mol. The number of carboxylic acids is 1. The fourth-order valence-electron chi connectivity index (χ4n) is 1.18. The predicted molar refractivity (Wildman–Crippen MR) is 61.5 cm³/mol. The molecule has 0 saturated carbocycles. The van der Waals surface area contributed by atoms with Gasteiger partial charge in [0.15, 0.2) is 6.04 Å². The summed E-state index contributed by atoms with van der Waals surface area (Å²) in [4.78, 5) is 23.7. The van der Waals surface area contributed by atoms with E-state index in [1.807, 2.05) is 0 Å². The van der Waals surface area contributed by atoms with Crippen molar-refractivity contribution < 1.29 is 24.5 Å². The van der Waals surface area contributed by atoms with Crippen LogP contribution in [-0.2, 0) is 14.3 Å². The molecule has 0 aliphatic rings. The molecule has 0 aliphatic heterocycles. The number of nitrogens with zero attached hydrogens (tertiary/aromatic N) is 1. The number of carboxylic acid groups (broad SMARTS) is 1. The number of amides is 1. The molecule has 0 rings (SSSR count). The summed E-state index contributed by atoms with van der Waals surface area (Å²) >= 11 is 0. The van der Waals surface area contributed by atoms with Crippen LogP contribution in [0.4, 0.5) is 0 Å². The lowest BCUT2D eigenvalue weighted by Crippen LogP contribution is -2.45. The number of carbonyl (C=O) groups is 2. The molecule has 0 aliphatic carbocycles. The van der Waals surface area contributed by atoms with E-state index in [-0.39, 0.29) is 32.1 Å². The highest BCUT2D eigenvalue weighted by Gasteiger charge is 2.26. The van der Waals surface area contributed by atoms with Gasteiger partial charge in [-0.3, -0.25) is 4.79 Å². The van der Waals surface area contributed by atoms with Gasteiger partial charge in [-0.2, -0.15) is 0 Å². The number of hydrogen-bond acceptors (Lipinski definition) is 4. The third kappa shape index (κ3) is 6.03. The molecule has 0 fully saturated rings. The molecular formula is C11H19NO5. The first kappa shape index (κ1) is 15.6. The van der Waals surface area contributed by atoms with Gasteiger partial charge in [-0.05, 0) is 6.42 Å². The Balaban J connectivity index is 4.31. The van der Waals surface area contributed by atoms with Crippen LogP contribution in [0.5, 0.6) is 0 Å². The molecule has 6 heteroatoms. The topological polar surface area (TPSA) is 87.1 Å². The molecule has 0 aromatic rings. The van der Waals surface area contributed by atoms with Gasteiger partial charge in [-0.25, -0.2) is 4.79 Å². The zero-order valence-corrected chi connectivity index (χ0v) is 9.96. The fraction of sp³-hybridized carbons (Fsp3) is 0.636. The second-order valence-electron chi connectivity index (χ2n) is 3.48. The van der Waals surface area contributed by atoms with Gasteiger partial charge >= 0.3 is 5.97 Å². The van der Waals surface area contributed by atoms with Crippen molar-refractivity contribution >= 4 is 11.9 Å². The van der Waals surface area contributed by atoms with E-state index in [1.165, 1.54) is 7.05 Å². The Bertz CT molecular complexity index is 267. The highest BCUT2D eigenvalue weighted by molar-refractivity contribution is 5.83. The zero-order valence-electron chi connectivity index (χ0n) is 9.96. The Morgan fingerprint density at radius 2 is 2.18 bits per heavy atom. The van der Waals surface area contributed by atoms with Crippen molar-refractivity contribution in [2.45, 2.75) is 18.9 Å². The van der Waals surface area contributed by atoms with Crippen LogP contribution in [0.15, 0.2) is 12.7 Å². The van der Waals surface area contributed by atoms with E-state index in [1.54, 1.807) is 6.08 Å². The van der Waals surface area contributed by atoms with Crippen molar-refractivity contribution in [3.8, 4) is 0 Å². The highest BCUT2D eigenvalue weighted by Crippen LogP contribution is 2.03. The predicted octanol–water partition coefficient (Wildman–Crippen LogP) is -0.127. The van der Waals surface area contributed by atoms with Gasteiger partial charge in [0.05, 0.1) is 19.8 Å². The molecule has 1 atom stereocenters. The summed E-state index contributed by atoms with van der Waals surface area (Å²) in [6.45, 7) is 3.23. The fourth-order valence-corrected chi connectivity index (χ4v) is 1.18. The average Bonchev–Trinajstić information content (AvgIpc) is 2.30. The number of ether oxygens (including phenoxy) is 1. The summed E-state index contributed by atoms with van der Waals surface area (Å²) in [5, 5.41) is 17.5. The summed E-state index contributed by atoms with van der Waals surface area (Å²) < 4.78 is 4.94. The maximum atomic E-state index is 11.6. The molecule has 0 radical (unpaired) electrons. The molecular weight excluding hydrogens is 226 g/mol. The molecule has 98 valence electrons. The molecule has 0 heterocycles. The highest BCUT2D eigenvalue weighted by atomic mass is 16.5. The minimum absolute atomic E-state index is 0.0540. The molecule has 6 nitrogen and oxygen atoms in total. The Morgan fingerprint density at radius 3 is 2.65 bits per heavy atom. The Morgan fingerprint density at radius 1 is 1.53 bits per heavy atom. The number of aliphatic hydroxyl groups excluding tert-OH is 1. The van der Waals surface area contributed by atoms with Crippen LogP contribution >= 0.6 is 0 Å². The number of rotatable bonds is 9. The van der Waals surface area contributed by atoms with Crippen LogP contribution in [0.25, 0.3) is 0 Å². The number of allylic oxidation sites excluding steroid dienone is 1. The van der Waals surface area contributed by atoms with Crippen molar-refractivity contribution in [1.82, 2.24) is 4.90 Å². The number of aliphatic carboxylic acids is 1. The van der Waals surface area contributed by atoms with E-state index in [2.05, 4.69) is 6.58 Å². The van der Waals surface area contributed by atoms with Gasteiger partial charge in [-0.1, -0.05) is 6.08 Å². The first-order valence-electron chi connectivity index (χ1n) is 5.32. The van der Waals surface area contributed by atoms with Crippen molar-refractivity contribution in [2.24, 2.45) is 0 Å². The van der Waals surface area contributed by atoms with Crippen LogP contribution in [0, 0.1) is 0 Å². The molecule has 0 aromatic carbocycles. The van der Waals surface area contributed by atoms with Gasteiger partial charge in [0.2, 0.25) is 5.91 Å². The first-order chi connectivity index (χ1) is 8.04. The SMILES string of the molecule is C=CCCC(=O)N(C)C(COCCO)C(=O)O. The third-order valence-corrected chi connectivity index (χ3v) is 2.22. The number of hydrogen-bond donors (Lipinski definition) is 2. The van der Waals surface area contributed by atoms with Crippen molar-refractivity contribution in [2.75, 3.05) is 26.9 Å². The minimum atomic E-state index is -1.13. The van der Waals surface area contributed by atoms with Gasteiger partial charge in [-0.15, -0.1) is 6.58 Å². The number of likely N-dealkylation sites (N-methyl/N-ethyl adjacent to an activating group) is 1. The molecule has 2 N–H and O–H groups in total. The zero-order chi connectivity index (χ0) is 13.3. The largest absolute Gasteiger partial charge is 0.480 e. The van der Waals surface area contributed by atoms with E-state index in [0.717, 1.165) is 4.90 Å². The van der Waals surface area contributed by atoms with E-state index >= 15 is 0 Å². The molecule has 0 bridgehead atoms. The summed E-state index contributed by atoms with van der Waals surface area (Å²) in [5.74, 6) is -1.40. The second-order valence-corrected chi connectivity index (χ2v) is 3.48. The molecule has 0 saturated heterocycles. The van der Waals surface area contributed by atoms with Gasteiger partial charge < -0.3 is 19.8 Å². The van der Waals surface area contributed by atoms with E-state index in [4.69, 9.17) is 14.9 Å². The van der Waals surface area contributed by atoms with E-state index in [0.29, 0.717) is 6.42 Å². The lowest BCUT2D eigenvalue weighted by Gasteiger charge is -2.24. The van der Waals surface area contributed by atoms with E-state index < -0.39 is 12.0 Å². The molecule has 17 heavy (non-hydrogen) atoms. The lowest BCUT2D eigenvalue weighted by atomic mass is 10.2.